The van der Waals surface area contributed by atoms with Crippen molar-refractivity contribution < 1.29 is 9.31 Å². The molecule has 8 unspecified atom stereocenters. The fourth-order valence-corrected chi connectivity index (χ4v) is 112. The number of hydrogen-bond donors (Lipinski definition) is 0. The lowest BCUT2D eigenvalue weighted by atomic mass is 9.79. The quantitative estimate of drug-likeness (QED) is 0.0777. The maximum atomic E-state index is 14.3. The molecular formula is C87H77BBr2N3O4P11S2. The van der Waals surface area contributed by atoms with Gasteiger partial charge in [0, 0.05) is 98.7 Å². The van der Waals surface area contributed by atoms with Crippen LogP contribution < -0.4 is 16.3 Å². The molecule has 0 N–H and O–H groups in total. The van der Waals surface area contributed by atoms with Crippen LogP contribution in [0.15, 0.2) is 310 Å². The molecule has 6 heterocycles. The molecule has 5 aromatic heterocycles. The summed E-state index contributed by atoms with van der Waals surface area (Å²) >= 11 is 10.1. The van der Waals surface area contributed by atoms with Gasteiger partial charge in [0.2, 0.25) is 0 Å². The lowest BCUT2D eigenvalue weighted by molar-refractivity contribution is 0.00578. The van der Waals surface area contributed by atoms with Gasteiger partial charge >= 0.3 is 7.12 Å². The fraction of sp³-hybridized carbons (Fsp3) is 0.0805. The zero-order valence-electron chi connectivity index (χ0n) is 59.6. The highest BCUT2D eigenvalue weighted by Gasteiger charge is 2.51. The van der Waals surface area contributed by atoms with E-state index >= 15 is 0 Å². The summed E-state index contributed by atoms with van der Waals surface area (Å²) in [7, 11) is 18.6. The molecule has 1 aliphatic rings. The van der Waals surface area contributed by atoms with Crippen LogP contribution in [0.4, 0.5) is 0 Å². The van der Waals surface area contributed by atoms with Crippen LogP contribution in [0.1, 0.15) is 35.1 Å². The van der Waals surface area contributed by atoms with Crippen molar-refractivity contribution >= 4 is 262 Å². The Morgan fingerprint density at radius 3 is 0.964 bits per heavy atom. The fourth-order valence-electron chi connectivity index (χ4n) is 14.5. The first-order chi connectivity index (χ1) is 52.7. The number of halogens is 2. The number of nitrogens with zero attached hydrogens (tertiary/aromatic N) is 3. The van der Waals surface area contributed by atoms with E-state index in [-0.39, 0.29) is 64.6 Å². The van der Waals surface area contributed by atoms with Crippen LogP contribution >= 0.6 is 144 Å². The van der Waals surface area contributed by atoms with Crippen LogP contribution in [-0.2, 0) is 9.31 Å². The summed E-state index contributed by atoms with van der Waals surface area (Å²) in [6, 6.07) is 101. The van der Waals surface area contributed by atoms with Crippen molar-refractivity contribution in [2.24, 2.45) is 0 Å². The van der Waals surface area contributed by atoms with Crippen LogP contribution in [0.25, 0.3) is 145 Å². The van der Waals surface area contributed by atoms with E-state index in [1.807, 2.05) is 36.4 Å². The number of fused-ring (bicyclic) bond motifs is 13. The monoisotopic (exact) mass is 1800 g/mol. The average Bonchev–Trinajstić information content (AvgIpc) is 1.30. The molecule has 13 aromatic carbocycles. The van der Waals surface area contributed by atoms with E-state index in [1.54, 1.807) is 22.7 Å². The second-order valence-electron chi connectivity index (χ2n) is 27.5. The molecule has 110 heavy (non-hydrogen) atoms. The molecule has 0 radical (unpaired) electrons. The van der Waals surface area contributed by atoms with Crippen molar-refractivity contribution in [2.45, 2.75) is 46.3 Å². The zero-order chi connectivity index (χ0) is 75.6. The molecule has 0 amide bonds. The van der Waals surface area contributed by atoms with Gasteiger partial charge < -0.3 is 23.0 Å². The minimum Gasteiger partial charge on any atom is -0.399 e. The summed E-state index contributed by atoms with van der Waals surface area (Å²) < 4.78 is 25.4. The van der Waals surface area contributed by atoms with Crippen LogP contribution in [0.5, 0.6) is 0 Å². The van der Waals surface area contributed by atoms with Crippen molar-refractivity contribution in [3.63, 3.8) is 0 Å². The average molecular weight is 1800 g/mol. The zero-order valence-corrected chi connectivity index (χ0v) is 75.9. The minimum absolute atomic E-state index is 0. The van der Waals surface area contributed by atoms with Gasteiger partial charge in [-0.25, -0.2) is 0 Å². The van der Waals surface area contributed by atoms with Gasteiger partial charge in [-0.3, -0.25) is 9.59 Å². The normalized spacial score (nSPS) is 13.7. The minimum atomic E-state index is -0.363. The third-order valence-electron chi connectivity index (χ3n) is 20.3. The van der Waals surface area contributed by atoms with Crippen LogP contribution in [-0.4, -0.2) is 32.0 Å². The Labute approximate surface area is 685 Å². The second-order valence-corrected chi connectivity index (χ2v) is 70.5. The van der Waals surface area contributed by atoms with Crippen LogP contribution in [0, 0.1) is 0 Å². The molecule has 1 saturated heterocycles. The number of rotatable bonds is 10. The van der Waals surface area contributed by atoms with Gasteiger partial charge in [-0.2, -0.15) is 0 Å². The summed E-state index contributed by atoms with van der Waals surface area (Å²) in [5.41, 5.74) is 15.1. The number of benzene rings is 13. The Balaban J connectivity index is 0.000000140. The smallest absolute Gasteiger partial charge is 0.399 e. The Morgan fingerprint density at radius 1 is 0.355 bits per heavy atom. The highest BCUT2D eigenvalue weighted by Crippen LogP contribution is 3.12. The highest BCUT2D eigenvalue weighted by atomic mass is 79.9. The van der Waals surface area contributed by atoms with Crippen molar-refractivity contribution in [1.29, 1.82) is 0 Å². The molecule has 0 aliphatic carbocycles. The first kappa shape index (κ1) is 79.9. The Bertz CT molecular complexity index is 6250. The molecule has 19 rings (SSSR count). The first-order valence-electron chi connectivity index (χ1n) is 35.1. The number of hydrogen-bond acceptors (Lipinski definition) is 6. The number of para-hydroxylation sites is 6. The van der Waals surface area contributed by atoms with Gasteiger partial charge in [0.25, 0.3) is 0 Å². The first-order valence-corrected chi connectivity index (χ1v) is 57.5. The van der Waals surface area contributed by atoms with Crippen molar-refractivity contribution in [3.8, 4) is 39.3 Å². The SMILES string of the molecule is C.CC1(C)OB(c2cccc(-n3c4ccccc4c4ccccc43)c2)OC1(C)C.O=c1c2cc(-c3cccc(-n4c5ccccc5c5ccccc54)c3)ccc2sc2ccc(-c3cccc(-n4c5ccccc5c5ccccc54)c3)cc12.O=c1c2cc(Br)ccc2sc2ccc(Br)cc12.PPP(P)P(P(P)P)P(P)P. The topological polar surface area (TPSA) is 67.4 Å². The number of aromatic nitrogens is 3. The van der Waals surface area contributed by atoms with E-state index in [4.69, 9.17) is 9.31 Å². The summed E-state index contributed by atoms with van der Waals surface area (Å²) in [4.78, 5) is 26.7. The molecule has 1 aliphatic heterocycles. The van der Waals surface area contributed by atoms with Gasteiger partial charge in [0.1, 0.15) is 0 Å². The van der Waals surface area contributed by atoms with Crippen molar-refractivity contribution in [1.82, 2.24) is 13.7 Å². The van der Waals surface area contributed by atoms with E-state index in [9.17, 15) is 9.59 Å². The molecule has 0 spiro atoms. The third-order valence-corrected chi connectivity index (χ3v) is 82.6. The Morgan fingerprint density at radius 2 is 0.645 bits per heavy atom. The standard InChI is InChI=1S/C49H30N2OS.C24H24BNO2.C13H6Br2OS.CH4.H13P11/c52-49-41-29-33(31-11-9-13-35(27-31)50-43-19-5-1-15-37(43)38-16-2-6-20-44(38)50)23-25-47(41)53-48-26-24-34(30-42(48)49)32-12-10-14-36(28-32)51-45-21-7-3-17-39(45)40-18-4-8-22-46(40)51;1-23(2)24(3,4)28-25(27-23)17-10-9-11-18(16-17)26-21-14-7-5-12-19(21)20-13-6-8-15-22(20)26;14-7-1-3-11-9(5-7)13(16)10-6-8(15)2-4-12(10)17-11;;1-7-10(6)11(8(2)3)9(4)5/h1-30H;5-16H,1-4H3;1-6H;1H4;7H,1-6H2. The van der Waals surface area contributed by atoms with Gasteiger partial charge in [0.05, 0.1) is 44.3 Å². The second kappa shape index (κ2) is 33.9. The van der Waals surface area contributed by atoms with Gasteiger partial charge in [-0.15, -0.1) is 76.2 Å². The van der Waals surface area contributed by atoms with E-state index in [2.05, 4.69) is 382 Å². The molecule has 1 fully saturated rings. The summed E-state index contributed by atoms with van der Waals surface area (Å²) in [6.45, 7) is 9.11. The predicted octanol–water partition coefficient (Wildman–Crippen LogP) is 29.6. The summed E-state index contributed by atoms with van der Waals surface area (Å²) in [5, 5.41) is 10.5. The lowest BCUT2D eigenvalue weighted by Crippen LogP contribution is -2.41. The predicted molar refractivity (Wildman–Crippen MR) is 524 cm³/mol. The Kier molecular flexibility index (Phi) is 24.6. The molecule has 0 saturated carbocycles. The molecule has 548 valence electrons. The molecule has 7 nitrogen and oxygen atoms in total. The lowest BCUT2D eigenvalue weighted by Gasteiger charge is -2.32. The maximum Gasteiger partial charge on any atom is 0.494 e. The molecule has 8 atom stereocenters. The van der Waals surface area contributed by atoms with E-state index in [1.165, 1.54) is 65.4 Å². The van der Waals surface area contributed by atoms with E-state index in [0.717, 1.165) is 102 Å². The van der Waals surface area contributed by atoms with Crippen molar-refractivity contribution in [2.75, 3.05) is 0 Å². The van der Waals surface area contributed by atoms with E-state index in [0.29, 0.717) is 0 Å². The van der Waals surface area contributed by atoms with Gasteiger partial charge in [0.15, 0.2) is 10.9 Å². The van der Waals surface area contributed by atoms with Gasteiger partial charge in [-0.1, -0.05) is 205 Å². The van der Waals surface area contributed by atoms with Crippen LogP contribution in [0.2, 0.25) is 0 Å². The molecular weight excluding hydrogens is 1730 g/mol. The Hall–Kier alpha value is -5.29. The summed E-state index contributed by atoms with van der Waals surface area (Å²) in [6.07, 6.45) is 0. The third kappa shape index (κ3) is 15.8. The van der Waals surface area contributed by atoms with E-state index < -0.39 is 0 Å². The van der Waals surface area contributed by atoms with Crippen LogP contribution in [0.3, 0.4) is 0 Å². The largest absolute Gasteiger partial charge is 0.494 e. The summed E-state index contributed by atoms with van der Waals surface area (Å²) in [5.74, 6) is 0. The maximum absolute atomic E-state index is 14.3. The highest BCUT2D eigenvalue weighted by molar-refractivity contribution is 9.18. The molecule has 18 aromatic rings. The molecule has 0 bridgehead atoms. The van der Waals surface area contributed by atoms with Gasteiger partial charge in [-0.05, 0) is 217 Å². The van der Waals surface area contributed by atoms with Crippen molar-refractivity contribution in [3.05, 3.63) is 321 Å². The molecule has 23 heteroatoms.